The number of nitrogens with zero attached hydrogens (tertiary/aromatic N) is 3. The van der Waals surface area contributed by atoms with Gasteiger partial charge in [0.15, 0.2) is 0 Å². The molecule has 2 aromatic rings. The Morgan fingerprint density at radius 2 is 2.33 bits per heavy atom. The second kappa shape index (κ2) is 6.25. The van der Waals surface area contributed by atoms with E-state index in [0.29, 0.717) is 19.0 Å². The predicted molar refractivity (Wildman–Crippen MR) is 86.6 cm³/mol. The Hall–Kier alpha value is -1.24. The van der Waals surface area contributed by atoms with Gasteiger partial charge in [0.25, 0.3) is 0 Å². The van der Waals surface area contributed by atoms with Crippen molar-refractivity contribution in [2.45, 2.75) is 32.9 Å². The third-order valence-electron chi connectivity index (χ3n) is 4.08. The fourth-order valence-electron chi connectivity index (χ4n) is 2.73. The van der Waals surface area contributed by atoms with Crippen molar-refractivity contribution in [3.63, 3.8) is 0 Å². The number of aromatic nitrogens is 2. The molecule has 2 N–H and O–H groups in total. The van der Waals surface area contributed by atoms with Crippen LogP contribution in [0.5, 0.6) is 0 Å². The van der Waals surface area contributed by atoms with Crippen LogP contribution in [0.4, 0.5) is 5.82 Å². The topological polar surface area (TPSA) is 61.3 Å². The lowest BCUT2D eigenvalue weighted by Gasteiger charge is -2.33. The number of nitrogens with one attached hydrogen (secondary N) is 1. The van der Waals surface area contributed by atoms with E-state index in [-0.39, 0.29) is 6.10 Å². The lowest BCUT2D eigenvalue weighted by atomic mass is 9.96. The smallest absolute Gasteiger partial charge is 0.146 e. The third kappa shape index (κ3) is 3.17. The Morgan fingerprint density at radius 3 is 3.10 bits per heavy atom. The zero-order valence-corrected chi connectivity index (χ0v) is 13.4. The second-order valence-corrected chi connectivity index (χ2v) is 6.62. The lowest BCUT2D eigenvalue weighted by molar-refractivity contribution is 0.0250. The van der Waals surface area contributed by atoms with Crippen LogP contribution in [0.1, 0.15) is 26.1 Å². The summed E-state index contributed by atoms with van der Waals surface area (Å²) in [5, 5.41) is 16.5. The van der Waals surface area contributed by atoms with Crippen molar-refractivity contribution in [3.05, 3.63) is 17.3 Å². The highest BCUT2D eigenvalue weighted by Gasteiger charge is 2.25. The number of rotatable bonds is 4. The Bertz CT molecular complexity index is 615. The number of anilines is 1. The number of hydrogen-bond donors (Lipinski definition) is 2. The molecule has 0 radical (unpaired) electrons. The van der Waals surface area contributed by atoms with E-state index in [9.17, 15) is 5.11 Å². The van der Waals surface area contributed by atoms with Crippen molar-refractivity contribution in [2.24, 2.45) is 5.92 Å². The predicted octanol–water partition coefficient (Wildman–Crippen LogP) is 2.33. The molecule has 114 valence electrons. The molecule has 1 fully saturated rings. The van der Waals surface area contributed by atoms with Crippen LogP contribution in [0.25, 0.3) is 10.2 Å². The molecule has 0 aliphatic carbocycles. The first-order chi connectivity index (χ1) is 10.2. The normalized spacial score (nSPS) is 23.6. The molecule has 2 atom stereocenters. The molecular formula is C15H22N4OS. The Kier molecular flexibility index (Phi) is 4.37. The number of aliphatic hydroxyl groups is 1. The van der Waals surface area contributed by atoms with Gasteiger partial charge in [-0.3, -0.25) is 4.90 Å². The molecule has 5 nitrogen and oxygen atoms in total. The van der Waals surface area contributed by atoms with Gasteiger partial charge < -0.3 is 10.4 Å². The third-order valence-corrected chi connectivity index (χ3v) is 4.89. The first-order valence-corrected chi connectivity index (χ1v) is 8.43. The maximum Gasteiger partial charge on any atom is 0.146 e. The fourth-order valence-corrected chi connectivity index (χ4v) is 3.51. The Morgan fingerprint density at radius 1 is 1.48 bits per heavy atom. The average molecular weight is 306 g/mol. The van der Waals surface area contributed by atoms with E-state index in [0.717, 1.165) is 41.4 Å². The van der Waals surface area contributed by atoms with Gasteiger partial charge in [-0.1, -0.05) is 6.92 Å². The van der Waals surface area contributed by atoms with Crippen LogP contribution in [0.2, 0.25) is 0 Å². The SMILES string of the molecule is CCNc1nc(CN2CCC(C)C(O)C2)nc2sccc12. The zero-order chi connectivity index (χ0) is 14.8. The number of thiophene rings is 1. The molecule has 1 saturated heterocycles. The molecule has 3 rings (SSSR count). The summed E-state index contributed by atoms with van der Waals surface area (Å²) in [6, 6.07) is 2.06. The lowest BCUT2D eigenvalue weighted by Crippen LogP contribution is -2.42. The first-order valence-electron chi connectivity index (χ1n) is 7.55. The molecule has 0 spiro atoms. The molecule has 21 heavy (non-hydrogen) atoms. The van der Waals surface area contributed by atoms with E-state index in [1.807, 2.05) is 0 Å². The average Bonchev–Trinajstić information content (AvgIpc) is 2.92. The Balaban J connectivity index is 1.80. The van der Waals surface area contributed by atoms with Crippen molar-refractivity contribution in [1.29, 1.82) is 0 Å². The molecule has 0 bridgehead atoms. The summed E-state index contributed by atoms with van der Waals surface area (Å²) in [5.74, 6) is 2.14. The van der Waals surface area contributed by atoms with E-state index in [4.69, 9.17) is 0 Å². The monoisotopic (exact) mass is 306 g/mol. The van der Waals surface area contributed by atoms with Crippen molar-refractivity contribution in [3.8, 4) is 0 Å². The minimum Gasteiger partial charge on any atom is -0.392 e. The highest BCUT2D eigenvalue weighted by atomic mass is 32.1. The summed E-state index contributed by atoms with van der Waals surface area (Å²) in [6.45, 7) is 7.45. The van der Waals surface area contributed by atoms with Crippen LogP contribution in [0, 0.1) is 5.92 Å². The second-order valence-electron chi connectivity index (χ2n) is 5.73. The summed E-state index contributed by atoms with van der Waals surface area (Å²) in [5.41, 5.74) is 0. The molecule has 0 aromatic carbocycles. The fraction of sp³-hybridized carbons (Fsp3) is 0.600. The first kappa shape index (κ1) is 14.7. The highest BCUT2D eigenvalue weighted by Crippen LogP contribution is 2.26. The maximum absolute atomic E-state index is 10.0. The van der Waals surface area contributed by atoms with Crippen LogP contribution >= 0.6 is 11.3 Å². The number of hydrogen-bond acceptors (Lipinski definition) is 6. The van der Waals surface area contributed by atoms with Gasteiger partial charge in [-0.2, -0.15) is 0 Å². The van der Waals surface area contributed by atoms with E-state index in [1.54, 1.807) is 11.3 Å². The van der Waals surface area contributed by atoms with Crippen molar-refractivity contribution in [1.82, 2.24) is 14.9 Å². The van der Waals surface area contributed by atoms with Crippen LogP contribution in [0.15, 0.2) is 11.4 Å². The van der Waals surface area contributed by atoms with Crippen LogP contribution < -0.4 is 5.32 Å². The van der Waals surface area contributed by atoms with Gasteiger partial charge >= 0.3 is 0 Å². The van der Waals surface area contributed by atoms with Gasteiger partial charge in [0.05, 0.1) is 18.0 Å². The van der Waals surface area contributed by atoms with E-state index < -0.39 is 0 Å². The summed E-state index contributed by atoms with van der Waals surface area (Å²) in [7, 11) is 0. The maximum atomic E-state index is 10.0. The summed E-state index contributed by atoms with van der Waals surface area (Å²) >= 11 is 1.65. The van der Waals surface area contributed by atoms with E-state index in [2.05, 4.69) is 45.5 Å². The van der Waals surface area contributed by atoms with Gasteiger partial charge in [-0.15, -0.1) is 11.3 Å². The molecule has 6 heteroatoms. The van der Waals surface area contributed by atoms with Gasteiger partial charge in [0.1, 0.15) is 16.5 Å². The molecule has 2 unspecified atom stereocenters. The molecule has 2 aromatic heterocycles. The van der Waals surface area contributed by atoms with Gasteiger partial charge in [0.2, 0.25) is 0 Å². The molecule has 1 aliphatic rings. The molecule has 0 amide bonds. The zero-order valence-electron chi connectivity index (χ0n) is 12.5. The minimum atomic E-state index is -0.238. The number of aliphatic hydroxyl groups excluding tert-OH is 1. The quantitative estimate of drug-likeness (QED) is 0.908. The van der Waals surface area contributed by atoms with E-state index in [1.165, 1.54) is 0 Å². The van der Waals surface area contributed by atoms with Gasteiger partial charge in [0, 0.05) is 13.1 Å². The van der Waals surface area contributed by atoms with Crippen LogP contribution in [0.3, 0.4) is 0 Å². The number of fused-ring (bicyclic) bond motifs is 1. The number of likely N-dealkylation sites (tertiary alicyclic amines) is 1. The van der Waals surface area contributed by atoms with Crippen molar-refractivity contribution < 1.29 is 5.11 Å². The van der Waals surface area contributed by atoms with Crippen LogP contribution in [-0.2, 0) is 6.54 Å². The standard InChI is InChI=1S/C15H22N4OS/c1-3-16-14-11-5-7-21-15(11)18-13(17-14)9-19-6-4-10(2)12(20)8-19/h5,7,10,12,20H,3-4,6,8-9H2,1-2H3,(H,16,17,18). The molecular weight excluding hydrogens is 284 g/mol. The summed E-state index contributed by atoms with van der Waals surface area (Å²) < 4.78 is 0. The van der Waals surface area contributed by atoms with Crippen molar-refractivity contribution >= 4 is 27.4 Å². The van der Waals surface area contributed by atoms with E-state index >= 15 is 0 Å². The molecule has 3 heterocycles. The summed E-state index contributed by atoms with van der Waals surface area (Å²) in [6.07, 6.45) is 0.792. The van der Waals surface area contributed by atoms with Crippen molar-refractivity contribution in [2.75, 3.05) is 25.0 Å². The minimum absolute atomic E-state index is 0.238. The van der Waals surface area contributed by atoms with Gasteiger partial charge in [-0.25, -0.2) is 9.97 Å². The molecule has 0 saturated carbocycles. The number of β-amino-alcohol motifs (C(OH)–C–C–N with tert-alkyl or cyclic N) is 1. The highest BCUT2D eigenvalue weighted by molar-refractivity contribution is 7.16. The Labute approximate surface area is 129 Å². The number of piperidine rings is 1. The summed E-state index contributed by atoms with van der Waals surface area (Å²) in [4.78, 5) is 12.6. The van der Waals surface area contributed by atoms with Crippen LogP contribution in [-0.4, -0.2) is 45.7 Å². The van der Waals surface area contributed by atoms with Gasteiger partial charge in [-0.05, 0) is 37.3 Å². The largest absolute Gasteiger partial charge is 0.392 e. The molecule has 1 aliphatic heterocycles.